The summed E-state index contributed by atoms with van der Waals surface area (Å²) < 4.78 is 13.0. The normalized spacial score (nSPS) is 10.1. The lowest BCUT2D eigenvalue weighted by Crippen LogP contribution is -2.08. The number of benzene rings is 1. The van der Waals surface area contributed by atoms with Crippen LogP contribution in [0.25, 0.3) is 0 Å². The van der Waals surface area contributed by atoms with Gasteiger partial charge in [-0.1, -0.05) is 11.6 Å². The van der Waals surface area contributed by atoms with Gasteiger partial charge in [-0.3, -0.25) is 4.79 Å². The average molecular weight is 232 g/mol. The standard InChI is InChI=1S/C10H11ClFNO2/c1-6-4-9(7(11)5-8(6)12)13-3-2-10(14)15/h4-5,13H,2-3H2,1H3,(H,14,15). The van der Waals surface area contributed by atoms with Crippen molar-refractivity contribution in [3.05, 3.63) is 28.5 Å². The highest BCUT2D eigenvalue weighted by molar-refractivity contribution is 6.33. The number of hydrogen-bond donors (Lipinski definition) is 2. The molecule has 0 aliphatic rings. The Morgan fingerprint density at radius 2 is 2.27 bits per heavy atom. The van der Waals surface area contributed by atoms with E-state index in [0.717, 1.165) is 0 Å². The monoisotopic (exact) mass is 231 g/mol. The topological polar surface area (TPSA) is 49.3 Å². The number of carboxylic acids is 1. The largest absolute Gasteiger partial charge is 0.481 e. The van der Waals surface area contributed by atoms with E-state index < -0.39 is 5.97 Å². The Labute approximate surface area is 91.9 Å². The molecule has 0 bridgehead atoms. The van der Waals surface area contributed by atoms with Crippen molar-refractivity contribution < 1.29 is 14.3 Å². The van der Waals surface area contributed by atoms with Gasteiger partial charge in [0.1, 0.15) is 5.82 Å². The third kappa shape index (κ3) is 3.40. The predicted octanol–water partition coefficient (Wildman–Crippen LogP) is 2.67. The van der Waals surface area contributed by atoms with Crippen LogP contribution in [-0.4, -0.2) is 17.6 Å². The molecule has 1 aromatic rings. The number of rotatable bonds is 4. The number of nitrogens with one attached hydrogen (secondary N) is 1. The van der Waals surface area contributed by atoms with Gasteiger partial charge in [-0.05, 0) is 24.6 Å². The third-order valence-electron chi connectivity index (χ3n) is 1.90. The zero-order valence-electron chi connectivity index (χ0n) is 8.18. The molecule has 0 aliphatic heterocycles. The van der Waals surface area contributed by atoms with Crippen LogP contribution < -0.4 is 5.32 Å². The Hall–Kier alpha value is -1.29. The quantitative estimate of drug-likeness (QED) is 0.838. The maximum Gasteiger partial charge on any atom is 0.305 e. The van der Waals surface area contributed by atoms with Crippen LogP contribution in [0.2, 0.25) is 5.02 Å². The highest BCUT2D eigenvalue weighted by Gasteiger charge is 2.05. The number of hydrogen-bond acceptors (Lipinski definition) is 2. The molecule has 0 aromatic heterocycles. The zero-order chi connectivity index (χ0) is 11.4. The highest BCUT2D eigenvalue weighted by atomic mass is 35.5. The fourth-order valence-corrected chi connectivity index (χ4v) is 1.31. The summed E-state index contributed by atoms with van der Waals surface area (Å²) in [5.41, 5.74) is 1.02. The van der Waals surface area contributed by atoms with Crippen LogP contribution in [0.5, 0.6) is 0 Å². The lowest BCUT2D eigenvalue weighted by Gasteiger charge is -2.08. The van der Waals surface area contributed by atoms with E-state index in [-0.39, 0.29) is 23.8 Å². The second-order valence-electron chi connectivity index (χ2n) is 3.15. The first-order chi connectivity index (χ1) is 7.00. The van der Waals surface area contributed by atoms with E-state index in [1.165, 1.54) is 6.07 Å². The van der Waals surface area contributed by atoms with Crippen molar-refractivity contribution in [2.45, 2.75) is 13.3 Å². The van der Waals surface area contributed by atoms with Crippen molar-refractivity contribution >= 4 is 23.3 Å². The van der Waals surface area contributed by atoms with Crippen LogP contribution in [-0.2, 0) is 4.79 Å². The Bertz CT molecular complexity index is 382. The summed E-state index contributed by atoms with van der Waals surface area (Å²) in [6.45, 7) is 1.88. The molecule has 15 heavy (non-hydrogen) atoms. The summed E-state index contributed by atoms with van der Waals surface area (Å²) in [5, 5.41) is 11.5. The van der Waals surface area contributed by atoms with Gasteiger partial charge in [0.25, 0.3) is 0 Å². The van der Waals surface area contributed by atoms with Gasteiger partial charge in [-0.15, -0.1) is 0 Å². The molecule has 1 rings (SSSR count). The average Bonchev–Trinajstić information content (AvgIpc) is 2.13. The molecule has 0 saturated heterocycles. The Morgan fingerprint density at radius 3 is 2.87 bits per heavy atom. The Balaban J connectivity index is 2.69. The van der Waals surface area contributed by atoms with E-state index in [9.17, 15) is 9.18 Å². The van der Waals surface area contributed by atoms with E-state index in [4.69, 9.17) is 16.7 Å². The number of carbonyl (C=O) groups is 1. The molecule has 0 radical (unpaired) electrons. The molecule has 0 unspecified atom stereocenters. The van der Waals surface area contributed by atoms with Gasteiger partial charge in [0.05, 0.1) is 17.1 Å². The molecule has 0 heterocycles. The van der Waals surface area contributed by atoms with E-state index in [1.807, 2.05) is 0 Å². The number of carboxylic acid groups (broad SMARTS) is 1. The minimum atomic E-state index is -0.891. The molecular formula is C10H11ClFNO2. The summed E-state index contributed by atoms with van der Waals surface area (Å²) in [6.07, 6.45) is -0.00719. The molecule has 0 aliphatic carbocycles. The van der Waals surface area contributed by atoms with Gasteiger partial charge in [-0.25, -0.2) is 4.39 Å². The highest BCUT2D eigenvalue weighted by Crippen LogP contribution is 2.24. The van der Waals surface area contributed by atoms with Gasteiger partial charge in [-0.2, -0.15) is 0 Å². The maximum atomic E-state index is 13.0. The number of aryl methyl sites for hydroxylation is 1. The molecule has 82 valence electrons. The summed E-state index contributed by atoms with van der Waals surface area (Å²) >= 11 is 5.77. The summed E-state index contributed by atoms with van der Waals surface area (Å²) in [4.78, 5) is 10.3. The van der Waals surface area contributed by atoms with Crippen molar-refractivity contribution in [2.24, 2.45) is 0 Å². The van der Waals surface area contributed by atoms with Gasteiger partial charge in [0, 0.05) is 6.54 Å². The minimum Gasteiger partial charge on any atom is -0.481 e. The fraction of sp³-hybridized carbons (Fsp3) is 0.300. The first-order valence-corrected chi connectivity index (χ1v) is 4.80. The summed E-state index contributed by atoms with van der Waals surface area (Å²) in [5.74, 6) is -1.26. The van der Waals surface area contributed by atoms with E-state index >= 15 is 0 Å². The van der Waals surface area contributed by atoms with Crippen molar-refractivity contribution in [1.82, 2.24) is 0 Å². The lowest BCUT2D eigenvalue weighted by atomic mass is 10.2. The molecule has 0 amide bonds. The molecule has 0 saturated carbocycles. The SMILES string of the molecule is Cc1cc(NCCC(=O)O)c(Cl)cc1F. The van der Waals surface area contributed by atoms with Gasteiger partial charge in [0.15, 0.2) is 0 Å². The van der Waals surface area contributed by atoms with E-state index in [0.29, 0.717) is 11.3 Å². The van der Waals surface area contributed by atoms with Gasteiger partial charge < -0.3 is 10.4 Å². The maximum absolute atomic E-state index is 13.0. The molecule has 0 fully saturated rings. The first-order valence-electron chi connectivity index (χ1n) is 4.42. The number of halogens is 2. The summed E-state index contributed by atoms with van der Waals surface area (Å²) in [6, 6.07) is 2.76. The van der Waals surface area contributed by atoms with Crippen LogP contribution in [0.3, 0.4) is 0 Å². The van der Waals surface area contributed by atoms with Gasteiger partial charge in [0.2, 0.25) is 0 Å². The van der Waals surface area contributed by atoms with E-state index in [1.54, 1.807) is 13.0 Å². The molecule has 0 spiro atoms. The Kier molecular flexibility index (Phi) is 3.91. The molecule has 3 nitrogen and oxygen atoms in total. The number of anilines is 1. The van der Waals surface area contributed by atoms with Crippen molar-refractivity contribution in [2.75, 3.05) is 11.9 Å². The predicted molar refractivity (Wildman–Crippen MR) is 56.9 cm³/mol. The van der Waals surface area contributed by atoms with Crippen LogP contribution in [0, 0.1) is 12.7 Å². The van der Waals surface area contributed by atoms with Crippen LogP contribution >= 0.6 is 11.6 Å². The second kappa shape index (κ2) is 4.98. The van der Waals surface area contributed by atoms with Crippen molar-refractivity contribution in [3.8, 4) is 0 Å². The van der Waals surface area contributed by atoms with Gasteiger partial charge >= 0.3 is 5.97 Å². The fourth-order valence-electron chi connectivity index (χ4n) is 1.10. The van der Waals surface area contributed by atoms with E-state index in [2.05, 4.69) is 5.32 Å². The van der Waals surface area contributed by atoms with Crippen LogP contribution in [0.4, 0.5) is 10.1 Å². The van der Waals surface area contributed by atoms with Crippen LogP contribution in [0.15, 0.2) is 12.1 Å². The van der Waals surface area contributed by atoms with Crippen molar-refractivity contribution in [3.63, 3.8) is 0 Å². The molecular weight excluding hydrogens is 221 g/mol. The molecule has 1 aromatic carbocycles. The lowest BCUT2D eigenvalue weighted by molar-refractivity contribution is -0.136. The number of aliphatic carboxylic acids is 1. The minimum absolute atomic E-state index is 0.00719. The molecule has 0 atom stereocenters. The summed E-state index contributed by atoms with van der Waals surface area (Å²) in [7, 11) is 0. The van der Waals surface area contributed by atoms with Crippen molar-refractivity contribution in [1.29, 1.82) is 0 Å². The smallest absolute Gasteiger partial charge is 0.305 e. The third-order valence-corrected chi connectivity index (χ3v) is 2.22. The van der Waals surface area contributed by atoms with Crippen LogP contribution in [0.1, 0.15) is 12.0 Å². The zero-order valence-corrected chi connectivity index (χ0v) is 8.94. The Morgan fingerprint density at radius 1 is 1.60 bits per heavy atom. The first kappa shape index (κ1) is 11.8. The second-order valence-corrected chi connectivity index (χ2v) is 3.56. The molecule has 5 heteroatoms. The molecule has 2 N–H and O–H groups in total.